The molecule has 0 fully saturated rings. The summed E-state index contributed by atoms with van der Waals surface area (Å²) in [6.45, 7) is 2.89. The molecule has 13 heavy (non-hydrogen) atoms. The Morgan fingerprint density at radius 2 is 2.00 bits per heavy atom. The number of para-hydroxylation sites is 1. The lowest BCUT2D eigenvalue weighted by Crippen LogP contribution is -2.15. The minimum absolute atomic E-state index is 0.448. The van der Waals surface area contributed by atoms with Crippen LogP contribution >= 0.6 is 0 Å². The third kappa shape index (κ3) is 2.74. The van der Waals surface area contributed by atoms with E-state index < -0.39 is 0 Å². The summed E-state index contributed by atoms with van der Waals surface area (Å²) >= 11 is 0. The van der Waals surface area contributed by atoms with Crippen LogP contribution in [0.25, 0.3) is 0 Å². The summed E-state index contributed by atoms with van der Waals surface area (Å²) in [5.41, 5.74) is 1.99. The highest BCUT2D eigenvalue weighted by atomic mass is 16.3. The fourth-order valence-electron chi connectivity index (χ4n) is 1.27. The van der Waals surface area contributed by atoms with E-state index in [0.29, 0.717) is 5.75 Å². The number of hydrogen-bond donors (Lipinski definition) is 1. The molecular weight excluding hydrogens is 162 g/mol. The van der Waals surface area contributed by atoms with Crippen molar-refractivity contribution < 1.29 is 5.11 Å². The van der Waals surface area contributed by atoms with E-state index in [0.717, 1.165) is 24.1 Å². The summed E-state index contributed by atoms with van der Waals surface area (Å²) in [5, 5.41) is 9.69. The molecule has 0 spiro atoms. The molecule has 0 saturated heterocycles. The average Bonchev–Trinajstić information content (AvgIpc) is 2.07. The number of likely N-dealkylation sites (N-methyl/N-ethyl adjacent to an activating group) is 1. The minimum atomic E-state index is 0.448. The van der Waals surface area contributed by atoms with Gasteiger partial charge in [0.05, 0.1) is 0 Å². The molecule has 0 bridgehead atoms. The van der Waals surface area contributed by atoms with E-state index >= 15 is 0 Å². The van der Waals surface area contributed by atoms with Gasteiger partial charge in [-0.2, -0.15) is 0 Å². The predicted molar refractivity (Wildman–Crippen MR) is 55.1 cm³/mol. The largest absolute Gasteiger partial charge is 0.507 e. The van der Waals surface area contributed by atoms with Crippen LogP contribution in [0.15, 0.2) is 18.2 Å². The lowest BCUT2D eigenvalue weighted by atomic mass is 10.1. The summed E-state index contributed by atoms with van der Waals surface area (Å²) < 4.78 is 0. The maximum atomic E-state index is 9.69. The summed E-state index contributed by atoms with van der Waals surface area (Å²) in [6.07, 6.45) is 0.903. The van der Waals surface area contributed by atoms with Crippen molar-refractivity contribution in [1.29, 1.82) is 0 Å². The Bertz CT molecular complexity index is 281. The molecule has 2 nitrogen and oxygen atoms in total. The number of phenolic OH excluding ortho intramolecular Hbond substituents is 1. The molecule has 0 aliphatic heterocycles. The molecule has 0 saturated carbocycles. The Morgan fingerprint density at radius 3 is 2.62 bits per heavy atom. The van der Waals surface area contributed by atoms with Gasteiger partial charge in [0.15, 0.2) is 0 Å². The van der Waals surface area contributed by atoms with Gasteiger partial charge < -0.3 is 10.0 Å². The smallest absolute Gasteiger partial charge is 0.121 e. The number of aromatic hydroxyl groups is 1. The van der Waals surface area contributed by atoms with Gasteiger partial charge in [-0.3, -0.25) is 0 Å². The second-order valence-electron chi connectivity index (χ2n) is 3.64. The quantitative estimate of drug-likeness (QED) is 0.765. The second-order valence-corrected chi connectivity index (χ2v) is 3.64. The molecule has 0 heterocycles. The highest BCUT2D eigenvalue weighted by Gasteiger charge is 2.03. The third-order valence-corrected chi connectivity index (χ3v) is 2.15. The monoisotopic (exact) mass is 179 g/mol. The van der Waals surface area contributed by atoms with Crippen molar-refractivity contribution in [2.24, 2.45) is 0 Å². The van der Waals surface area contributed by atoms with E-state index in [4.69, 9.17) is 0 Å². The van der Waals surface area contributed by atoms with Gasteiger partial charge >= 0.3 is 0 Å². The third-order valence-electron chi connectivity index (χ3n) is 2.15. The molecule has 1 rings (SSSR count). The minimum Gasteiger partial charge on any atom is -0.507 e. The van der Waals surface area contributed by atoms with E-state index in [1.54, 1.807) is 0 Å². The normalized spacial score (nSPS) is 10.8. The Hall–Kier alpha value is -1.02. The molecule has 0 amide bonds. The standard InChI is InChI=1S/C11H17NO/c1-9-5-4-6-10(11(9)13)7-8-12(2)3/h4-6,13H,7-8H2,1-3H3. The van der Waals surface area contributed by atoms with Gasteiger partial charge in [0.25, 0.3) is 0 Å². The summed E-state index contributed by atoms with van der Waals surface area (Å²) in [6, 6.07) is 5.89. The molecule has 2 heteroatoms. The van der Waals surface area contributed by atoms with E-state index in [-0.39, 0.29) is 0 Å². The number of benzene rings is 1. The van der Waals surface area contributed by atoms with Crippen LogP contribution in [-0.4, -0.2) is 30.6 Å². The van der Waals surface area contributed by atoms with Crippen molar-refractivity contribution in [1.82, 2.24) is 4.90 Å². The van der Waals surface area contributed by atoms with Crippen LogP contribution < -0.4 is 0 Å². The number of hydrogen-bond acceptors (Lipinski definition) is 2. The van der Waals surface area contributed by atoms with Crippen LogP contribution in [0.4, 0.5) is 0 Å². The lowest BCUT2D eigenvalue weighted by Gasteiger charge is -2.11. The summed E-state index contributed by atoms with van der Waals surface area (Å²) in [7, 11) is 4.07. The molecule has 0 aliphatic carbocycles. The summed E-state index contributed by atoms with van der Waals surface area (Å²) in [5.74, 6) is 0.448. The molecular formula is C11H17NO. The topological polar surface area (TPSA) is 23.5 Å². The Morgan fingerprint density at radius 1 is 1.31 bits per heavy atom. The molecule has 1 aromatic rings. The van der Waals surface area contributed by atoms with Gasteiger partial charge in [0.2, 0.25) is 0 Å². The van der Waals surface area contributed by atoms with E-state index in [1.807, 2.05) is 39.2 Å². The summed E-state index contributed by atoms with van der Waals surface area (Å²) in [4.78, 5) is 2.11. The SMILES string of the molecule is Cc1cccc(CCN(C)C)c1O. The van der Waals surface area contributed by atoms with Gasteiger partial charge in [0, 0.05) is 6.54 Å². The van der Waals surface area contributed by atoms with Crippen LogP contribution in [-0.2, 0) is 6.42 Å². The highest BCUT2D eigenvalue weighted by molar-refractivity contribution is 5.39. The zero-order valence-corrected chi connectivity index (χ0v) is 8.54. The van der Waals surface area contributed by atoms with Crippen molar-refractivity contribution in [3.05, 3.63) is 29.3 Å². The first-order valence-corrected chi connectivity index (χ1v) is 4.53. The number of rotatable bonds is 3. The fraction of sp³-hybridized carbons (Fsp3) is 0.455. The lowest BCUT2D eigenvalue weighted by molar-refractivity contribution is 0.405. The van der Waals surface area contributed by atoms with Crippen LogP contribution in [0.2, 0.25) is 0 Å². The molecule has 1 N–H and O–H groups in total. The van der Waals surface area contributed by atoms with Crippen molar-refractivity contribution in [2.75, 3.05) is 20.6 Å². The van der Waals surface area contributed by atoms with Crippen molar-refractivity contribution >= 4 is 0 Å². The Balaban J connectivity index is 2.71. The average molecular weight is 179 g/mol. The molecule has 0 radical (unpaired) electrons. The first kappa shape index (κ1) is 10.1. The molecule has 0 aliphatic rings. The Kier molecular flexibility index (Phi) is 3.32. The zero-order valence-electron chi connectivity index (χ0n) is 8.54. The van der Waals surface area contributed by atoms with Gasteiger partial charge in [-0.25, -0.2) is 0 Å². The maximum absolute atomic E-state index is 9.69. The van der Waals surface area contributed by atoms with Crippen molar-refractivity contribution in [3.63, 3.8) is 0 Å². The van der Waals surface area contributed by atoms with E-state index in [2.05, 4.69) is 4.90 Å². The van der Waals surface area contributed by atoms with E-state index in [9.17, 15) is 5.11 Å². The maximum Gasteiger partial charge on any atom is 0.121 e. The van der Waals surface area contributed by atoms with Gasteiger partial charge in [-0.1, -0.05) is 18.2 Å². The van der Waals surface area contributed by atoms with Crippen molar-refractivity contribution in [2.45, 2.75) is 13.3 Å². The Labute approximate surface area is 79.8 Å². The van der Waals surface area contributed by atoms with Crippen molar-refractivity contribution in [3.8, 4) is 5.75 Å². The van der Waals surface area contributed by atoms with Crippen LogP contribution in [0.3, 0.4) is 0 Å². The first-order chi connectivity index (χ1) is 6.11. The molecule has 0 unspecified atom stereocenters. The van der Waals surface area contributed by atoms with Gasteiger partial charge in [0.1, 0.15) is 5.75 Å². The molecule has 1 aromatic carbocycles. The number of phenols is 1. The van der Waals surface area contributed by atoms with Crippen LogP contribution in [0.1, 0.15) is 11.1 Å². The second kappa shape index (κ2) is 4.28. The highest BCUT2D eigenvalue weighted by Crippen LogP contribution is 2.21. The molecule has 72 valence electrons. The molecule has 0 atom stereocenters. The van der Waals surface area contributed by atoms with Crippen LogP contribution in [0.5, 0.6) is 5.75 Å². The fourth-order valence-corrected chi connectivity index (χ4v) is 1.27. The first-order valence-electron chi connectivity index (χ1n) is 4.53. The van der Waals surface area contributed by atoms with E-state index in [1.165, 1.54) is 0 Å². The van der Waals surface area contributed by atoms with Gasteiger partial charge in [-0.05, 0) is 38.6 Å². The van der Waals surface area contributed by atoms with Crippen LogP contribution in [0, 0.1) is 6.92 Å². The number of nitrogens with zero attached hydrogens (tertiary/aromatic N) is 1. The van der Waals surface area contributed by atoms with Gasteiger partial charge in [-0.15, -0.1) is 0 Å². The predicted octanol–water partition coefficient (Wildman–Crippen LogP) is 1.80. The number of aryl methyl sites for hydroxylation is 1. The molecule has 0 aromatic heterocycles. The zero-order chi connectivity index (χ0) is 9.84.